The van der Waals surface area contributed by atoms with Crippen molar-refractivity contribution in [1.29, 1.82) is 0 Å². The van der Waals surface area contributed by atoms with E-state index in [-0.39, 0.29) is 6.54 Å². The molecule has 1 aromatic heterocycles. The second-order valence-electron chi connectivity index (χ2n) is 10.3. The summed E-state index contributed by atoms with van der Waals surface area (Å²) in [4.78, 5) is 0. The topological polar surface area (TPSA) is 116 Å². The van der Waals surface area contributed by atoms with Crippen LogP contribution in [0.1, 0.15) is 45.1 Å². The average molecular weight is 490 g/mol. The lowest BCUT2D eigenvalue weighted by molar-refractivity contribution is -0.222. The van der Waals surface area contributed by atoms with Crippen LogP contribution < -0.4 is 0 Å². The highest BCUT2D eigenvalue weighted by molar-refractivity contribution is 5.14. The van der Waals surface area contributed by atoms with E-state index >= 15 is 0 Å². The lowest BCUT2D eigenvalue weighted by atomic mass is 10.1. The van der Waals surface area contributed by atoms with Gasteiger partial charge in [0.15, 0.2) is 24.2 Å². The molecular formula is C24H31N3O8. The van der Waals surface area contributed by atoms with Gasteiger partial charge in [0.2, 0.25) is 0 Å². The Morgan fingerprint density at radius 3 is 2.34 bits per heavy atom. The number of aliphatic hydroxyl groups is 1. The number of rotatable bonds is 6. The van der Waals surface area contributed by atoms with E-state index in [1.165, 1.54) is 0 Å². The van der Waals surface area contributed by atoms with Crippen molar-refractivity contribution in [3.05, 3.63) is 47.8 Å². The van der Waals surface area contributed by atoms with Crippen LogP contribution >= 0.6 is 0 Å². The monoisotopic (exact) mass is 489 g/mol. The largest absolute Gasteiger partial charge is 0.387 e. The van der Waals surface area contributed by atoms with Crippen molar-refractivity contribution >= 4 is 0 Å². The van der Waals surface area contributed by atoms with Crippen LogP contribution in [0, 0.1) is 0 Å². The summed E-state index contributed by atoms with van der Waals surface area (Å²) in [5, 5.41) is 19.1. The van der Waals surface area contributed by atoms with Gasteiger partial charge in [0, 0.05) is 0 Å². The van der Waals surface area contributed by atoms with Crippen LogP contribution in [0.5, 0.6) is 0 Å². The van der Waals surface area contributed by atoms with Crippen LogP contribution in [0.15, 0.2) is 36.5 Å². The summed E-state index contributed by atoms with van der Waals surface area (Å²) in [5.41, 5.74) is 1.72. The third-order valence-corrected chi connectivity index (χ3v) is 6.68. The zero-order valence-corrected chi connectivity index (χ0v) is 20.1. The molecular weight excluding hydrogens is 458 g/mol. The normalized spacial score (nSPS) is 39.1. The minimum atomic E-state index is -0.875. The van der Waals surface area contributed by atoms with Crippen molar-refractivity contribution in [2.75, 3.05) is 0 Å². The van der Waals surface area contributed by atoms with Crippen molar-refractivity contribution in [1.82, 2.24) is 15.0 Å². The number of fused-ring (bicyclic) bond motifs is 2. The molecule has 0 amide bonds. The Balaban J connectivity index is 1.20. The first-order valence-corrected chi connectivity index (χ1v) is 11.9. The van der Waals surface area contributed by atoms with E-state index in [0.717, 1.165) is 5.56 Å². The molecule has 4 aliphatic heterocycles. The van der Waals surface area contributed by atoms with Crippen LogP contribution in [0.3, 0.4) is 0 Å². The smallest absolute Gasteiger partial charge is 0.190 e. The molecule has 0 spiro atoms. The minimum Gasteiger partial charge on any atom is -0.387 e. The Morgan fingerprint density at radius 1 is 0.943 bits per heavy atom. The molecule has 35 heavy (non-hydrogen) atoms. The number of nitrogens with zero attached hydrogens (tertiary/aromatic N) is 3. The van der Waals surface area contributed by atoms with Gasteiger partial charge < -0.3 is 38.3 Å². The molecule has 8 atom stereocenters. The van der Waals surface area contributed by atoms with Gasteiger partial charge in [-0.05, 0) is 33.3 Å². The maximum Gasteiger partial charge on any atom is 0.190 e. The molecule has 0 bridgehead atoms. The molecule has 4 fully saturated rings. The standard InChI is InChI=1S/C24H31N3O8/c1-23(2)32-18-16(28)15(30-21(18)34-23)11-27-14(10-25-26-27)17-19(29-12-13-8-6-5-7-9-13)20-22(31-17)35-24(3,4)33-20/h5-10,15-22,28H,11-12H2,1-4H3/t15-,16+,17-,18-,19+,20-,21-,22-/m1/s1. The molecule has 1 N–H and O–H groups in total. The molecule has 4 aliphatic rings. The molecule has 1 aromatic carbocycles. The summed E-state index contributed by atoms with van der Waals surface area (Å²) in [5.74, 6) is -1.58. The van der Waals surface area contributed by atoms with E-state index in [0.29, 0.717) is 12.3 Å². The summed E-state index contributed by atoms with van der Waals surface area (Å²) in [6.45, 7) is 7.92. The fourth-order valence-corrected chi connectivity index (χ4v) is 5.17. The molecule has 0 aliphatic carbocycles. The second kappa shape index (κ2) is 8.56. The van der Waals surface area contributed by atoms with Crippen LogP contribution in [0.4, 0.5) is 0 Å². The van der Waals surface area contributed by atoms with Crippen LogP contribution in [-0.4, -0.2) is 74.8 Å². The summed E-state index contributed by atoms with van der Waals surface area (Å²) >= 11 is 0. The Morgan fingerprint density at radius 2 is 1.63 bits per heavy atom. The highest BCUT2D eigenvalue weighted by Crippen LogP contribution is 2.45. The van der Waals surface area contributed by atoms with Crippen molar-refractivity contribution in [2.24, 2.45) is 0 Å². The Labute approximate surface area is 203 Å². The zero-order valence-electron chi connectivity index (χ0n) is 20.1. The SMILES string of the molecule is CC1(C)O[C@H]2O[C@H](Cn3nncc3[C@H]3O[C@@H]4OC(C)(C)O[C@@H]4[C@H]3OCc3ccccc3)[C@H](O)[C@H]2O1. The van der Waals surface area contributed by atoms with Crippen LogP contribution in [0.2, 0.25) is 0 Å². The zero-order chi connectivity index (χ0) is 24.4. The van der Waals surface area contributed by atoms with E-state index in [9.17, 15) is 5.11 Å². The third kappa shape index (κ3) is 4.40. The van der Waals surface area contributed by atoms with Gasteiger partial charge in [-0.2, -0.15) is 0 Å². The second-order valence-corrected chi connectivity index (χ2v) is 10.3. The van der Waals surface area contributed by atoms with E-state index in [1.807, 2.05) is 44.2 Å². The van der Waals surface area contributed by atoms with Crippen LogP contribution in [-0.2, 0) is 46.3 Å². The summed E-state index contributed by atoms with van der Waals surface area (Å²) < 4.78 is 43.9. The number of ether oxygens (including phenoxy) is 7. The first kappa shape index (κ1) is 23.4. The summed E-state index contributed by atoms with van der Waals surface area (Å²) in [6.07, 6.45) is -3.02. The lowest BCUT2D eigenvalue weighted by Crippen LogP contribution is -2.38. The van der Waals surface area contributed by atoms with Gasteiger partial charge in [-0.1, -0.05) is 35.5 Å². The number of aliphatic hydroxyl groups excluding tert-OH is 1. The van der Waals surface area contributed by atoms with E-state index in [2.05, 4.69) is 10.3 Å². The molecule has 5 heterocycles. The predicted molar refractivity (Wildman–Crippen MR) is 117 cm³/mol. The van der Waals surface area contributed by atoms with Gasteiger partial charge in [0.1, 0.15) is 36.6 Å². The van der Waals surface area contributed by atoms with Gasteiger partial charge in [-0.25, -0.2) is 4.68 Å². The van der Waals surface area contributed by atoms with Crippen molar-refractivity contribution in [3.63, 3.8) is 0 Å². The Kier molecular flexibility index (Phi) is 5.73. The lowest BCUT2D eigenvalue weighted by Gasteiger charge is -2.27. The molecule has 11 nitrogen and oxygen atoms in total. The predicted octanol–water partition coefficient (Wildman–Crippen LogP) is 1.65. The first-order valence-electron chi connectivity index (χ1n) is 11.9. The maximum absolute atomic E-state index is 10.8. The minimum absolute atomic E-state index is 0.241. The van der Waals surface area contributed by atoms with Crippen molar-refractivity contribution < 1.29 is 38.3 Å². The van der Waals surface area contributed by atoms with Gasteiger partial charge >= 0.3 is 0 Å². The molecule has 190 valence electrons. The fourth-order valence-electron chi connectivity index (χ4n) is 5.17. The highest BCUT2D eigenvalue weighted by Gasteiger charge is 2.57. The number of hydrogen-bond donors (Lipinski definition) is 1. The number of benzene rings is 1. The number of aromatic nitrogens is 3. The number of hydrogen-bond acceptors (Lipinski definition) is 10. The fraction of sp³-hybridized carbons (Fsp3) is 0.667. The van der Waals surface area contributed by atoms with Gasteiger partial charge in [-0.15, -0.1) is 5.10 Å². The quantitative estimate of drug-likeness (QED) is 0.642. The molecule has 4 saturated heterocycles. The van der Waals surface area contributed by atoms with E-state index in [4.69, 9.17) is 33.2 Å². The van der Waals surface area contributed by atoms with Gasteiger partial charge in [-0.3, -0.25) is 0 Å². The Hall–Kier alpha value is -1.96. The van der Waals surface area contributed by atoms with E-state index < -0.39 is 60.8 Å². The van der Waals surface area contributed by atoms with Gasteiger partial charge in [0.05, 0.1) is 25.0 Å². The summed E-state index contributed by atoms with van der Waals surface area (Å²) in [6, 6.07) is 9.92. The molecule has 0 saturated carbocycles. The third-order valence-electron chi connectivity index (χ3n) is 6.68. The molecule has 0 radical (unpaired) electrons. The average Bonchev–Trinajstić information content (AvgIpc) is 3.57. The molecule has 0 unspecified atom stereocenters. The van der Waals surface area contributed by atoms with Crippen molar-refractivity contribution in [2.45, 2.75) is 102 Å². The highest BCUT2D eigenvalue weighted by atomic mass is 16.8. The molecule has 11 heteroatoms. The first-order chi connectivity index (χ1) is 16.7. The Bertz CT molecular complexity index is 1050. The summed E-state index contributed by atoms with van der Waals surface area (Å²) in [7, 11) is 0. The van der Waals surface area contributed by atoms with Crippen LogP contribution in [0.25, 0.3) is 0 Å². The van der Waals surface area contributed by atoms with Crippen molar-refractivity contribution in [3.8, 4) is 0 Å². The maximum atomic E-state index is 10.8. The molecule has 6 rings (SSSR count). The molecule has 2 aromatic rings. The van der Waals surface area contributed by atoms with Gasteiger partial charge in [0.25, 0.3) is 0 Å². The van der Waals surface area contributed by atoms with E-state index in [1.54, 1.807) is 24.7 Å².